The van der Waals surface area contributed by atoms with Crippen molar-refractivity contribution in [2.24, 2.45) is 5.92 Å². The summed E-state index contributed by atoms with van der Waals surface area (Å²) in [5, 5.41) is 2.37. The van der Waals surface area contributed by atoms with Crippen LogP contribution in [0.25, 0.3) is 10.2 Å². The van der Waals surface area contributed by atoms with E-state index in [1.165, 1.54) is 9.44 Å². The Bertz CT molecular complexity index is 1140. The van der Waals surface area contributed by atoms with E-state index in [1.807, 2.05) is 0 Å². The molecule has 3 aromatic rings. The van der Waals surface area contributed by atoms with Crippen molar-refractivity contribution < 1.29 is 9.53 Å². The van der Waals surface area contributed by atoms with Crippen LogP contribution in [0, 0.1) is 12.8 Å². The summed E-state index contributed by atoms with van der Waals surface area (Å²) >= 11 is 2.60. The molecule has 0 saturated carbocycles. The Balaban J connectivity index is 1.52. The van der Waals surface area contributed by atoms with Gasteiger partial charge in [0.15, 0.2) is 0 Å². The first-order valence-corrected chi connectivity index (χ1v) is 10.5. The number of hydrogen-bond donors (Lipinski definition) is 1. The molecule has 0 aromatic carbocycles. The highest BCUT2D eigenvalue weighted by molar-refractivity contribution is 7.18. The smallest absolute Gasteiger partial charge is 0.326 e. The molecule has 27 heavy (non-hydrogen) atoms. The second-order valence-electron chi connectivity index (χ2n) is 6.93. The summed E-state index contributed by atoms with van der Waals surface area (Å²) in [6, 6.07) is 0. The number of thiophene rings is 1. The number of ether oxygens (including phenoxy) is 1. The van der Waals surface area contributed by atoms with Crippen molar-refractivity contribution in [2.75, 3.05) is 0 Å². The van der Waals surface area contributed by atoms with Crippen molar-refractivity contribution in [3.8, 4) is 0 Å². The molecule has 0 saturated heterocycles. The SMILES string of the molecule is Cc1csc(=O)n1CC(=O)OCc1nc2sc3c(c2c(=O)[nH]1)CC[C@@H](C)C3. The van der Waals surface area contributed by atoms with Gasteiger partial charge in [-0.1, -0.05) is 18.3 Å². The Labute approximate surface area is 162 Å². The number of nitrogens with one attached hydrogen (secondary N) is 1. The van der Waals surface area contributed by atoms with Gasteiger partial charge in [0.2, 0.25) is 0 Å². The minimum atomic E-state index is -0.541. The monoisotopic (exact) mass is 405 g/mol. The Morgan fingerprint density at radius 1 is 1.44 bits per heavy atom. The lowest BCUT2D eigenvalue weighted by molar-refractivity contribution is -0.146. The lowest BCUT2D eigenvalue weighted by Crippen LogP contribution is -2.22. The first-order valence-electron chi connectivity index (χ1n) is 8.76. The summed E-state index contributed by atoms with van der Waals surface area (Å²) < 4.78 is 6.57. The Morgan fingerprint density at radius 3 is 3.00 bits per heavy atom. The molecule has 1 aliphatic carbocycles. The van der Waals surface area contributed by atoms with E-state index in [4.69, 9.17) is 4.74 Å². The number of aromatic amines is 1. The van der Waals surface area contributed by atoms with Crippen molar-refractivity contribution in [2.45, 2.75) is 46.3 Å². The van der Waals surface area contributed by atoms with Gasteiger partial charge in [0.25, 0.3) is 5.56 Å². The Kier molecular flexibility index (Phi) is 4.73. The number of esters is 1. The number of carbonyl (C=O) groups excluding carboxylic acids is 1. The van der Waals surface area contributed by atoms with Gasteiger partial charge in [0.05, 0.1) is 5.39 Å². The van der Waals surface area contributed by atoms with Gasteiger partial charge < -0.3 is 9.72 Å². The normalized spacial score (nSPS) is 16.4. The Hall–Kier alpha value is -2.26. The van der Waals surface area contributed by atoms with E-state index in [2.05, 4.69) is 16.9 Å². The molecule has 0 bridgehead atoms. The van der Waals surface area contributed by atoms with Crippen LogP contribution in [0.5, 0.6) is 0 Å². The van der Waals surface area contributed by atoms with E-state index in [9.17, 15) is 14.4 Å². The van der Waals surface area contributed by atoms with Crippen molar-refractivity contribution in [3.63, 3.8) is 0 Å². The standard InChI is InChI=1S/C18H19N3O4S2/c1-9-3-4-11-12(5-9)27-17-15(11)16(23)19-13(20-17)7-25-14(22)6-21-10(2)8-26-18(21)24/h8-9H,3-7H2,1-2H3,(H,19,20,23)/t9-/m1/s1. The van der Waals surface area contributed by atoms with E-state index in [-0.39, 0.29) is 23.6 Å². The van der Waals surface area contributed by atoms with Crippen molar-refractivity contribution >= 4 is 38.9 Å². The molecule has 1 aliphatic rings. The molecule has 0 spiro atoms. The van der Waals surface area contributed by atoms with Gasteiger partial charge in [-0.05, 0) is 37.7 Å². The topological polar surface area (TPSA) is 94.0 Å². The lowest BCUT2D eigenvalue weighted by Gasteiger charge is -2.17. The molecule has 0 aliphatic heterocycles. The molecular weight excluding hydrogens is 386 g/mol. The third kappa shape index (κ3) is 3.49. The summed E-state index contributed by atoms with van der Waals surface area (Å²) in [7, 11) is 0. The van der Waals surface area contributed by atoms with Crippen LogP contribution in [0.2, 0.25) is 0 Å². The summed E-state index contributed by atoms with van der Waals surface area (Å²) in [6.07, 6.45) is 2.97. The van der Waals surface area contributed by atoms with Gasteiger partial charge in [-0.2, -0.15) is 0 Å². The van der Waals surface area contributed by atoms with E-state index in [0.717, 1.165) is 36.2 Å². The van der Waals surface area contributed by atoms with E-state index >= 15 is 0 Å². The fraction of sp³-hybridized carbons (Fsp3) is 0.444. The van der Waals surface area contributed by atoms with Crippen LogP contribution in [0.4, 0.5) is 0 Å². The molecule has 0 amide bonds. The average molecular weight is 406 g/mol. The van der Waals surface area contributed by atoms with E-state index in [0.29, 0.717) is 27.7 Å². The quantitative estimate of drug-likeness (QED) is 0.673. The van der Waals surface area contributed by atoms with Crippen LogP contribution in [-0.4, -0.2) is 20.5 Å². The number of carbonyl (C=O) groups is 1. The highest BCUT2D eigenvalue weighted by atomic mass is 32.1. The maximum atomic E-state index is 12.5. The molecule has 142 valence electrons. The Morgan fingerprint density at radius 2 is 2.26 bits per heavy atom. The molecule has 7 nitrogen and oxygen atoms in total. The largest absolute Gasteiger partial charge is 0.456 e. The van der Waals surface area contributed by atoms with Gasteiger partial charge >= 0.3 is 10.8 Å². The average Bonchev–Trinajstić information content (AvgIpc) is 3.14. The number of aromatic nitrogens is 3. The predicted octanol–water partition coefficient (Wildman–Crippen LogP) is 2.38. The zero-order valence-electron chi connectivity index (χ0n) is 15.0. The molecule has 3 aromatic heterocycles. The number of aryl methyl sites for hydroxylation is 2. The number of fused-ring (bicyclic) bond motifs is 3. The number of hydrogen-bond acceptors (Lipinski definition) is 7. The summed E-state index contributed by atoms with van der Waals surface area (Å²) in [6.45, 7) is 3.71. The zero-order valence-corrected chi connectivity index (χ0v) is 16.7. The molecule has 1 N–H and O–H groups in total. The molecule has 9 heteroatoms. The third-order valence-corrected chi connectivity index (χ3v) is 6.88. The summed E-state index contributed by atoms with van der Waals surface area (Å²) in [5.41, 5.74) is 1.66. The van der Waals surface area contributed by atoms with E-state index in [1.54, 1.807) is 23.6 Å². The van der Waals surface area contributed by atoms with Gasteiger partial charge in [-0.3, -0.25) is 19.0 Å². The third-order valence-electron chi connectivity index (χ3n) is 4.85. The molecule has 4 rings (SSSR count). The number of H-pyrrole nitrogens is 1. The first kappa shape index (κ1) is 18.1. The summed E-state index contributed by atoms with van der Waals surface area (Å²) in [5.74, 6) is 0.400. The maximum Gasteiger partial charge on any atom is 0.326 e. The number of rotatable bonds is 4. The fourth-order valence-corrected chi connectivity index (χ4v) is 5.52. The van der Waals surface area contributed by atoms with Crippen LogP contribution in [0.3, 0.4) is 0 Å². The van der Waals surface area contributed by atoms with E-state index < -0.39 is 5.97 Å². The van der Waals surface area contributed by atoms with Gasteiger partial charge in [-0.25, -0.2) is 4.98 Å². The van der Waals surface area contributed by atoms with Crippen LogP contribution >= 0.6 is 22.7 Å². The van der Waals surface area contributed by atoms with Crippen molar-refractivity contribution in [1.29, 1.82) is 0 Å². The second kappa shape index (κ2) is 7.05. The van der Waals surface area contributed by atoms with Gasteiger partial charge in [0.1, 0.15) is 23.8 Å². The molecular formula is C18H19N3O4S2. The number of thiazole rings is 1. The highest BCUT2D eigenvalue weighted by Crippen LogP contribution is 2.35. The van der Waals surface area contributed by atoms with Crippen molar-refractivity contribution in [1.82, 2.24) is 14.5 Å². The predicted molar refractivity (Wildman–Crippen MR) is 105 cm³/mol. The summed E-state index contributed by atoms with van der Waals surface area (Å²) in [4.78, 5) is 45.2. The van der Waals surface area contributed by atoms with Gasteiger partial charge in [0, 0.05) is 16.0 Å². The van der Waals surface area contributed by atoms with Crippen LogP contribution in [-0.2, 0) is 35.5 Å². The minimum Gasteiger partial charge on any atom is -0.456 e. The van der Waals surface area contributed by atoms with Crippen LogP contribution < -0.4 is 10.4 Å². The molecule has 3 heterocycles. The second-order valence-corrected chi connectivity index (χ2v) is 8.84. The van der Waals surface area contributed by atoms with Crippen LogP contribution in [0.15, 0.2) is 15.0 Å². The van der Waals surface area contributed by atoms with Crippen molar-refractivity contribution in [3.05, 3.63) is 47.4 Å². The lowest BCUT2D eigenvalue weighted by atomic mass is 9.89. The highest BCUT2D eigenvalue weighted by Gasteiger charge is 2.23. The first-order chi connectivity index (χ1) is 12.9. The molecule has 0 fully saturated rings. The maximum absolute atomic E-state index is 12.5. The molecule has 1 atom stereocenters. The zero-order chi connectivity index (χ0) is 19.1. The fourth-order valence-electron chi connectivity index (χ4n) is 3.38. The minimum absolute atomic E-state index is 0.124. The van der Waals surface area contributed by atoms with Crippen LogP contribution in [0.1, 0.15) is 35.3 Å². The molecule has 0 radical (unpaired) electrons. The number of nitrogens with zero attached hydrogens (tertiary/aromatic N) is 2. The van der Waals surface area contributed by atoms with Gasteiger partial charge in [-0.15, -0.1) is 11.3 Å². The molecule has 0 unspecified atom stereocenters.